The van der Waals surface area contributed by atoms with Crippen molar-refractivity contribution in [3.8, 4) is 5.75 Å². The molecule has 3 aromatic rings. The van der Waals surface area contributed by atoms with Gasteiger partial charge in [-0.05, 0) is 61.1 Å². The number of benzene rings is 1. The van der Waals surface area contributed by atoms with Gasteiger partial charge in [0.1, 0.15) is 23.7 Å². The van der Waals surface area contributed by atoms with Gasteiger partial charge in [-0.2, -0.15) is 5.10 Å². The summed E-state index contributed by atoms with van der Waals surface area (Å²) < 4.78 is 62.5. The number of nitrogens with one attached hydrogen (secondary N) is 2. The number of halogens is 4. The van der Waals surface area contributed by atoms with Gasteiger partial charge in [0.15, 0.2) is 11.5 Å². The molecule has 14 heteroatoms. The van der Waals surface area contributed by atoms with Crippen molar-refractivity contribution in [2.24, 2.45) is 23.7 Å². The van der Waals surface area contributed by atoms with Crippen LogP contribution >= 0.6 is 0 Å². The predicted molar refractivity (Wildman–Crippen MR) is 148 cm³/mol. The SMILES string of the molecule is C=CCOC(=O)[C@H]1CCC2C(CC[C@@H]2NC(=O)c2cc(C(=O)NCc3cccc(OC(F)(F)F)c3)nc3c(F)cnn23)C1C. The van der Waals surface area contributed by atoms with Crippen molar-refractivity contribution in [3.63, 3.8) is 0 Å². The lowest BCUT2D eigenvalue weighted by Crippen LogP contribution is -2.44. The summed E-state index contributed by atoms with van der Waals surface area (Å²) in [6, 6.07) is 6.06. The highest BCUT2D eigenvalue weighted by Gasteiger charge is 2.47. The second kappa shape index (κ2) is 12.6. The number of hydrogen-bond acceptors (Lipinski definition) is 7. The van der Waals surface area contributed by atoms with Crippen LogP contribution in [0.3, 0.4) is 0 Å². The number of ether oxygens (including phenoxy) is 2. The van der Waals surface area contributed by atoms with Crippen LogP contribution in [0.4, 0.5) is 17.6 Å². The van der Waals surface area contributed by atoms with Crippen LogP contribution in [0.25, 0.3) is 5.65 Å². The monoisotopic (exact) mass is 617 g/mol. The van der Waals surface area contributed by atoms with Crippen LogP contribution < -0.4 is 15.4 Å². The highest BCUT2D eigenvalue weighted by atomic mass is 19.4. The molecule has 2 aliphatic carbocycles. The molecule has 2 heterocycles. The summed E-state index contributed by atoms with van der Waals surface area (Å²) >= 11 is 0. The molecule has 5 rings (SSSR count). The first-order valence-electron chi connectivity index (χ1n) is 14.2. The summed E-state index contributed by atoms with van der Waals surface area (Å²) in [6.45, 7) is 5.58. The minimum atomic E-state index is -4.87. The molecule has 44 heavy (non-hydrogen) atoms. The number of rotatable bonds is 9. The highest BCUT2D eigenvalue weighted by Crippen LogP contribution is 2.48. The first-order valence-corrected chi connectivity index (χ1v) is 14.2. The minimum Gasteiger partial charge on any atom is -0.461 e. The molecule has 234 valence electrons. The van der Waals surface area contributed by atoms with Crippen LogP contribution in [0.2, 0.25) is 0 Å². The van der Waals surface area contributed by atoms with Gasteiger partial charge < -0.3 is 20.1 Å². The van der Waals surface area contributed by atoms with Gasteiger partial charge in [-0.25, -0.2) is 13.9 Å². The fourth-order valence-corrected chi connectivity index (χ4v) is 6.44. The van der Waals surface area contributed by atoms with Crippen molar-refractivity contribution in [3.05, 3.63) is 72.0 Å². The topological polar surface area (TPSA) is 124 Å². The zero-order chi connectivity index (χ0) is 31.6. The summed E-state index contributed by atoms with van der Waals surface area (Å²) in [5.74, 6) is -2.71. The summed E-state index contributed by atoms with van der Waals surface area (Å²) in [4.78, 5) is 43.1. The van der Waals surface area contributed by atoms with E-state index in [1.807, 2.05) is 6.92 Å². The van der Waals surface area contributed by atoms with Crippen LogP contribution in [0.15, 0.2) is 49.2 Å². The van der Waals surface area contributed by atoms with Gasteiger partial charge in [-0.1, -0.05) is 31.7 Å². The number of carbonyl (C=O) groups is 3. The number of esters is 1. The zero-order valence-corrected chi connectivity index (χ0v) is 23.8. The number of fused-ring (bicyclic) bond motifs is 2. The molecule has 10 nitrogen and oxygen atoms in total. The molecule has 0 spiro atoms. The van der Waals surface area contributed by atoms with Crippen molar-refractivity contribution < 1.29 is 41.4 Å². The maximum atomic E-state index is 14.6. The molecule has 2 aliphatic rings. The van der Waals surface area contributed by atoms with Gasteiger partial charge in [0.2, 0.25) is 0 Å². The molecule has 3 unspecified atom stereocenters. The van der Waals surface area contributed by atoms with E-state index in [1.54, 1.807) is 0 Å². The number of amides is 2. The molecule has 0 saturated heterocycles. The van der Waals surface area contributed by atoms with Gasteiger partial charge in [0.05, 0.1) is 12.1 Å². The molecule has 0 radical (unpaired) electrons. The average molecular weight is 618 g/mol. The van der Waals surface area contributed by atoms with E-state index in [-0.39, 0.29) is 65.9 Å². The summed E-state index contributed by atoms with van der Waals surface area (Å²) in [5, 5.41) is 9.47. The number of hydrogen-bond donors (Lipinski definition) is 2. The lowest BCUT2D eigenvalue weighted by Gasteiger charge is -2.38. The average Bonchev–Trinajstić information content (AvgIpc) is 3.57. The Hall–Kier alpha value is -4.49. The van der Waals surface area contributed by atoms with Crippen LogP contribution in [0.5, 0.6) is 5.75 Å². The Balaban J connectivity index is 1.29. The Labute approximate surface area is 249 Å². The summed E-state index contributed by atoms with van der Waals surface area (Å²) in [7, 11) is 0. The van der Waals surface area contributed by atoms with Crippen molar-refractivity contribution in [1.82, 2.24) is 25.2 Å². The lowest BCUT2D eigenvalue weighted by atomic mass is 9.68. The Morgan fingerprint density at radius 3 is 2.64 bits per heavy atom. The molecule has 2 fully saturated rings. The van der Waals surface area contributed by atoms with Crippen molar-refractivity contribution in [2.75, 3.05) is 6.61 Å². The molecule has 1 aromatic carbocycles. The van der Waals surface area contributed by atoms with Gasteiger partial charge in [-0.15, -0.1) is 13.2 Å². The van der Waals surface area contributed by atoms with Crippen LogP contribution in [-0.4, -0.2) is 51.4 Å². The quantitative estimate of drug-likeness (QED) is 0.204. The molecule has 0 bridgehead atoms. The number of alkyl halides is 3. The normalized spacial score (nSPS) is 23.1. The van der Waals surface area contributed by atoms with Crippen LogP contribution in [0.1, 0.15) is 59.1 Å². The summed E-state index contributed by atoms with van der Waals surface area (Å²) in [6.07, 6.45) is 0.390. The first kappa shape index (κ1) is 31.0. The molecule has 5 atom stereocenters. The molecule has 2 N–H and O–H groups in total. The van der Waals surface area contributed by atoms with E-state index in [0.717, 1.165) is 35.7 Å². The van der Waals surface area contributed by atoms with Gasteiger partial charge in [0.25, 0.3) is 11.8 Å². The molecule has 2 amide bonds. The molecule has 2 aromatic heterocycles. The van der Waals surface area contributed by atoms with Crippen molar-refractivity contribution in [2.45, 2.75) is 51.6 Å². The van der Waals surface area contributed by atoms with Crippen LogP contribution in [0, 0.1) is 29.5 Å². The Kier molecular flexibility index (Phi) is 8.88. The molecule has 0 aliphatic heterocycles. The van der Waals surface area contributed by atoms with E-state index < -0.39 is 29.7 Å². The molecular weight excluding hydrogens is 586 g/mol. The Morgan fingerprint density at radius 2 is 1.89 bits per heavy atom. The van der Waals surface area contributed by atoms with Crippen molar-refractivity contribution >= 4 is 23.4 Å². The largest absolute Gasteiger partial charge is 0.573 e. The van der Waals surface area contributed by atoms with E-state index in [9.17, 15) is 31.9 Å². The summed E-state index contributed by atoms with van der Waals surface area (Å²) in [5.41, 5.74) is -0.410. The highest BCUT2D eigenvalue weighted by molar-refractivity contribution is 5.98. The van der Waals surface area contributed by atoms with E-state index in [4.69, 9.17) is 4.74 Å². The third kappa shape index (κ3) is 6.68. The maximum Gasteiger partial charge on any atom is 0.573 e. The Bertz CT molecular complexity index is 1570. The van der Waals surface area contributed by atoms with E-state index in [2.05, 4.69) is 32.0 Å². The third-order valence-electron chi connectivity index (χ3n) is 8.44. The van der Waals surface area contributed by atoms with Crippen molar-refractivity contribution in [1.29, 1.82) is 0 Å². The second-order valence-corrected chi connectivity index (χ2v) is 11.1. The van der Waals surface area contributed by atoms with Gasteiger partial charge in [0, 0.05) is 18.7 Å². The number of aromatic nitrogens is 3. The smallest absolute Gasteiger partial charge is 0.461 e. The fraction of sp³-hybridized carbons (Fsp3) is 0.433. The fourth-order valence-electron chi connectivity index (χ4n) is 6.44. The van der Waals surface area contributed by atoms with Gasteiger partial charge >= 0.3 is 12.3 Å². The van der Waals surface area contributed by atoms with E-state index in [1.165, 1.54) is 24.3 Å². The minimum absolute atomic E-state index is 0.0665. The molecular formula is C30H31F4N5O5. The predicted octanol–water partition coefficient (Wildman–Crippen LogP) is 4.60. The van der Waals surface area contributed by atoms with Crippen LogP contribution in [-0.2, 0) is 16.1 Å². The van der Waals surface area contributed by atoms with E-state index in [0.29, 0.717) is 18.4 Å². The molecule has 2 saturated carbocycles. The number of nitrogens with zero attached hydrogens (tertiary/aromatic N) is 3. The first-order chi connectivity index (χ1) is 20.9. The maximum absolute atomic E-state index is 14.6. The van der Waals surface area contributed by atoms with Gasteiger partial charge in [-0.3, -0.25) is 14.4 Å². The lowest BCUT2D eigenvalue weighted by molar-refractivity contribution is -0.274. The second-order valence-electron chi connectivity index (χ2n) is 11.1. The van der Waals surface area contributed by atoms with E-state index >= 15 is 0 Å². The zero-order valence-electron chi connectivity index (χ0n) is 23.8. The standard InChI is InChI=1S/C30H31F4N5O5/c1-3-11-43-29(42)20-7-8-21-19(16(20)2)9-10-23(21)38-28(41)25-13-24(37-26-22(31)15-36-39(25)26)27(40)35-14-17-5-4-6-18(12-17)44-30(32,33)34/h3-6,12-13,15-16,19-21,23H,1,7-11,14H2,2H3,(H,35,40)(H,38,41)/t16?,19?,20-,21?,23-/m0/s1. The number of carbonyl (C=O) groups excluding carboxylic acids is 3. The third-order valence-corrected chi connectivity index (χ3v) is 8.44. The Morgan fingerprint density at radius 1 is 1.11 bits per heavy atom.